The predicted molar refractivity (Wildman–Crippen MR) is 69.3 cm³/mol. The monoisotopic (exact) mass is 280 g/mol. The fraction of sp³-hybridized carbons (Fsp3) is 0.786. The molecule has 0 aromatic rings. The highest BCUT2D eigenvalue weighted by molar-refractivity contribution is 6.06. The van der Waals surface area contributed by atoms with Gasteiger partial charge in [0.25, 0.3) is 0 Å². The molecule has 3 rings (SSSR count). The summed E-state index contributed by atoms with van der Waals surface area (Å²) >= 11 is 0. The van der Waals surface area contributed by atoms with Crippen molar-refractivity contribution >= 4 is 17.7 Å². The Hall–Kier alpha value is -1.43. The van der Waals surface area contributed by atoms with Crippen LogP contribution in [0.1, 0.15) is 25.7 Å². The zero-order valence-corrected chi connectivity index (χ0v) is 11.6. The van der Waals surface area contributed by atoms with Crippen LogP contribution in [-0.2, 0) is 14.4 Å². The van der Waals surface area contributed by atoms with Crippen LogP contribution in [0.2, 0.25) is 0 Å². The minimum absolute atomic E-state index is 0.0505. The highest BCUT2D eigenvalue weighted by atomic mass is 16.3. The average molecular weight is 280 g/mol. The molecule has 2 aliphatic heterocycles. The van der Waals surface area contributed by atoms with Gasteiger partial charge in [-0.3, -0.25) is 19.3 Å². The molecule has 0 unspecified atom stereocenters. The number of nitrogens with zero attached hydrogens (tertiary/aromatic N) is 2. The summed E-state index contributed by atoms with van der Waals surface area (Å²) in [5.41, 5.74) is 0. The van der Waals surface area contributed by atoms with E-state index >= 15 is 0 Å². The lowest BCUT2D eigenvalue weighted by atomic mass is 9.86. The number of carbonyl (C=O) groups excluding carboxylic acids is 3. The summed E-state index contributed by atoms with van der Waals surface area (Å²) in [5.74, 6) is -1.00. The van der Waals surface area contributed by atoms with Crippen molar-refractivity contribution in [3.8, 4) is 0 Å². The van der Waals surface area contributed by atoms with E-state index in [-0.39, 0.29) is 41.6 Å². The summed E-state index contributed by atoms with van der Waals surface area (Å²) in [6, 6.07) is 0. The van der Waals surface area contributed by atoms with Crippen LogP contribution in [0.3, 0.4) is 0 Å². The van der Waals surface area contributed by atoms with Crippen LogP contribution >= 0.6 is 0 Å². The number of carbonyl (C=O) groups is 3. The molecule has 3 aliphatic rings. The molecule has 0 aromatic heterocycles. The predicted octanol–water partition coefficient (Wildman–Crippen LogP) is -0.389. The van der Waals surface area contributed by atoms with E-state index < -0.39 is 0 Å². The average Bonchev–Trinajstić information content (AvgIpc) is 2.96. The van der Waals surface area contributed by atoms with Crippen molar-refractivity contribution in [2.24, 2.45) is 17.8 Å². The van der Waals surface area contributed by atoms with Gasteiger partial charge in [0.2, 0.25) is 17.7 Å². The van der Waals surface area contributed by atoms with Gasteiger partial charge in [-0.15, -0.1) is 0 Å². The lowest BCUT2D eigenvalue weighted by molar-refractivity contribution is -0.140. The maximum atomic E-state index is 12.4. The number of hydrogen-bond donors (Lipinski definition) is 1. The van der Waals surface area contributed by atoms with Gasteiger partial charge in [-0.25, -0.2) is 0 Å². The number of rotatable bonds is 1. The van der Waals surface area contributed by atoms with Crippen LogP contribution in [0.15, 0.2) is 0 Å². The standard InChI is InChI=1S/C14H20N2O4/c1-15-13(19)10-6-16(7-11(10)14(15)20)12(18)8-2-4-9(17)5-3-8/h8-11,17H,2-7H2,1H3/t8?,9?,10-,11+. The zero-order valence-electron chi connectivity index (χ0n) is 11.6. The van der Waals surface area contributed by atoms with E-state index in [2.05, 4.69) is 0 Å². The summed E-state index contributed by atoms with van der Waals surface area (Å²) in [5, 5.41) is 9.48. The molecule has 6 heteroatoms. The third-order valence-electron chi connectivity index (χ3n) is 4.97. The summed E-state index contributed by atoms with van der Waals surface area (Å²) in [6.07, 6.45) is 2.45. The lowest BCUT2D eigenvalue weighted by Gasteiger charge is -2.29. The molecule has 3 fully saturated rings. The van der Waals surface area contributed by atoms with Crippen LogP contribution in [-0.4, -0.2) is 58.9 Å². The van der Waals surface area contributed by atoms with Gasteiger partial charge in [-0.05, 0) is 25.7 Å². The van der Waals surface area contributed by atoms with E-state index in [0.29, 0.717) is 38.8 Å². The number of amides is 3. The first-order chi connectivity index (χ1) is 9.49. The lowest BCUT2D eigenvalue weighted by Crippen LogP contribution is -2.40. The maximum absolute atomic E-state index is 12.4. The molecule has 0 spiro atoms. The van der Waals surface area contributed by atoms with Gasteiger partial charge in [0.1, 0.15) is 0 Å². The third-order valence-corrected chi connectivity index (χ3v) is 4.97. The normalized spacial score (nSPS) is 37.5. The van der Waals surface area contributed by atoms with Gasteiger partial charge in [-0.2, -0.15) is 0 Å². The summed E-state index contributed by atoms with van der Waals surface area (Å²) in [7, 11) is 1.51. The molecular weight excluding hydrogens is 260 g/mol. The topological polar surface area (TPSA) is 77.9 Å². The first-order valence-electron chi connectivity index (χ1n) is 7.27. The molecule has 1 saturated carbocycles. The molecule has 6 nitrogen and oxygen atoms in total. The summed E-state index contributed by atoms with van der Waals surface area (Å²) in [4.78, 5) is 39.1. The van der Waals surface area contributed by atoms with E-state index in [1.54, 1.807) is 4.90 Å². The molecular formula is C14H20N2O4. The minimum atomic E-state index is -0.342. The van der Waals surface area contributed by atoms with Gasteiger partial charge in [-0.1, -0.05) is 0 Å². The van der Waals surface area contributed by atoms with Crippen LogP contribution in [0.5, 0.6) is 0 Å². The first kappa shape index (κ1) is 13.5. The molecule has 110 valence electrons. The maximum Gasteiger partial charge on any atom is 0.234 e. The Labute approximate surface area is 117 Å². The zero-order chi connectivity index (χ0) is 14.4. The van der Waals surface area contributed by atoms with Crippen molar-refractivity contribution in [2.45, 2.75) is 31.8 Å². The minimum Gasteiger partial charge on any atom is -0.393 e. The van der Waals surface area contributed by atoms with Gasteiger partial charge in [0.15, 0.2) is 0 Å². The van der Waals surface area contributed by atoms with Crippen LogP contribution < -0.4 is 0 Å². The van der Waals surface area contributed by atoms with Gasteiger partial charge in [0, 0.05) is 26.1 Å². The largest absolute Gasteiger partial charge is 0.393 e. The van der Waals surface area contributed by atoms with Crippen LogP contribution in [0.4, 0.5) is 0 Å². The Morgan fingerprint density at radius 1 is 1.05 bits per heavy atom. The second-order valence-corrected chi connectivity index (χ2v) is 6.20. The second kappa shape index (κ2) is 4.84. The van der Waals surface area contributed by atoms with E-state index in [1.165, 1.54) is 11.9 Å². The van der Waals surface area contributed by atoms with E-state index in [9.17, 15) is 19.5 Å². The van der Waals surface area contributed by atoms with Crippen LogP contribution in [0, 0.1) is 17.8 Å². The quantitative estimate of drug-likeness (QED) is 0.664. The highest BCUT2D eigenvalue weighted by Gasteiger charge is 2.52. The van der Waals surface area contributed by atoms with Crippen molar-refractivity contribution in [2.75, 3.05) is 20.1 Å². The molecule has 2 atom stereocenters. The number of hydrogen-bond acceptors (Lipinski definition) is 4. The number of aliphatic hydroxyl groups is 1. The summed E-state index contributed by atoms with van der Waals surface area (Å²) < 4.78 is 0. The molecule has 2 saturated heterocycles. The van der Waals surface area contributed by atoms with E-state index in [1.807, 2.05) is 0 Å². The summed E-state index contributed by atoms with van der Waals surface area (Å²) in [6.45, 7) is 0.745. The van der Waals surface area contributed by atoms with Crippen molar-refractivity contribution in [1.29, 1.82) is 0 Å². The van der Waals surface area contributed by atoms with E-state index in [4.69, 9.17) is 0 Å². The van der Waals surface area contributed by atoms with Crippen molar-refractivity contribution in [1.82, 2.24) is 9.80 Å². The number of likely N-dealkylation sites (tertiary alicyclic amines) is 2. The van der Waals surface area contributed by atoms with Gasteiger partial charge >= 0.3 is 0 Å². The van der Waals surface area contributed by atoms with Crippen molar-refractivity contribution < 1.29 is 19.5 Å². The fourth-order valence-corrected chi connectivity index (χ4v) is 3.67. The smallest absolute Gasteiger partial charge is 0.234 e. The number of imide groups is 1. The Kier molecular flexibility index (Phi) is 3.28. The Bertz CT molecular complexity index is 432. The Morgan fingerprint density at radius 2 is 1.55 bits per heavy atom. The third kappa shape index (κ3) is 2.02. The first-order valence-corrected chi connectivity index (χ1v) is 7.27. The molecule has 0 bridgehead atoms. The van der Waals surface area contributed by atoms with Crippen molar-refractivity contribution in [3.05, 3.63) is 0 Å². The molecule has 3 amide bonds. The fourth-order valence-electron chi connectivity index (χ4n) is 3.67. The van der Waals surface area contributed by atoms with Gasteiger partial charge in [0.05, 0.1) is 17.9 Å². The van der Waals surface area contributed by atoms with Gasteiger partial charge < -0.3 is 10.0 Å². The molecule has 0 radical (unpaired) electrons. The highest BCUT2D eigenvalue weighted by Crippen LogP contribution is 2.35. The second-order valence-electron chi connectivity index (χ2n) is 6.20. The molecule has 0 aromatic carbocycles. The molecule has 20 heavy (non-hydrogen) atoms. The van der Waals surface area contributed by atoms with Crippen molar-refractivity contribution in [3.63, 3.8) is 0 Å². The number of aliphatic hydroxyl groups excluding tert-OH is 1. The Morgan fingerprint density at radius 3 is 2.05 bits per heavy atom. The molecule has 2 heterocycles. The molecule has 1 aliphatic carbocycles. The van der Waals surface area contributed by atoms with Crippen LogP contribution in [0.25, 0.3) is 0 Å². The number of fused-ring (bicyclic) bond motifs is 1. The SMILES string of the molecule is CN1C(=O)[C@H]2CN(C(=O)C3CCC(O)CC3)C[C@H]2C1=O. The Balaban J connectivity index is 1.65. The van der Waals surface area contributed by atoms with E-state index in [0.717, 1.165) is 0 Å². The molecule has 1 N–H and O–H groups in total.